The van der Waals surface area contributed by atoms with Crippen LogP contribution in [0.1, 0.15) is 5.56 Å². The van der Waals surface area contributed by atoms with Gasteiger partial charge in [-0.2, -0.15) is 0 Å². The molecular weight excluding hydrogens is 370 g/mol. The standard InChI is InChI=1S/C14H10Cl4N2S/c15-9-2-4-13(12(18)6-9)20-14(21)19-7-8-1-3-10(16)11(17)5-8/h1-6H,7H2,(H2,19,20,21). The van der Waals surface area contributed by atoms with Gasteiger partial charge < -0.3 is 10.6 Å². The van der Waals surface area contributed by atoms with Crippen LogP contribution in [-0.2, 0) is 6.54 Å². The van der Waals surface area contributed by atoms with Gasteiger partial charge in [-0.15, -0.1) is 0 Å². The van der Waals surface area contributed by atoms with Crippen molar-refractivity contribution >= 4 is 69.4 Å². The molecule has 0 aliphatic heterocycles. The minimum Gasteiger partial charge on any atom is -0.358 e. The molecule has 0 radical (unpaired) electrons. The predicted molar refractivity (Wildman–Crippen MR) is 96.0 cm³/mol. The molecular formula is C14H10Cl4N2S. The Morgan fingerprint density at radius 3 is 2.33 bits per heavy atom. The Bertz CT molecular complexity index is 676. The maximum Gasteiger partial charge on any atom is 0.171 e. The molecule has 2 aromatic rings. The predicted octanol–water partition coefficient (Wildman–Crippen LogP) is 5.79. The van der Waals surface area contributed by atoms with E-state index in [0.29, 0.717) is 37.4 Å². The molecule has 2 nitrogen and oxygen atoms in total. The van der Waals surface area contributed by atoms with Gasteiger partial charge in [0.2, 0.25) is 0 Å². The van der Waals surface area contributed by atoms with E-state index in [4.69, 9.17) is 58.6 Å². The summed E-state index contributed by atoms with van der Waals surface area (Å²) < 4.78 is 0. The summed E-state index contributed by atoms with van der Waals surface area (Å²) in [7, 11) is 0. The van der Waals surface area contributed by atoms with E-state index in [1.807, 2.05) is 6.07 Å². The van der Waals surface area contributed by atoms with Crippen LogP contribution in [0, 0.1) is 0 Å². The van der Waals surface area contributed by atoms with Crippen LogP contribution in [-0.4, -0.2) is 5.11 Å². The molecule has 0 aliphatic rings. The number of halogens is 4. The van der Waals surface area contributed by atoms with Crippen molar-refractivity contribution in [3.05, 3.63) is 62.1 Å². The first-order valence-corrected chi connectivity index (χ1v) is 7.81. The van der Waals surface area contributed by atoms with Crippen LogP contribution < -0.4 is 10.6 Å². The second-order valence-electron chi connectivity index (χ2n) is 4.18. The third-order valence-corrected chi connectivity index (χ3v) is 4.15. The lowest BCUT2D eigenvalue weighted by molar-refractivity contribution is 0.926. The number of hydrogen-bond acceptors (Lipinski definition) is 1. The van der Waals surface area contributed by atoms with Gasteiger partial charge in [0.05, 0.1) is 20.8 Å². The molecule has 0 spiro atoms. The molecule has 0 bridgehead atoms. The Morgan fingerprint density at radius 1 is 0.905 bits per heavy atom. The highest BCUT2D eigenvalue weighted by Crippen LogP contribution is 2.25. The Morgan fingerprint density at radius 2 is 1.67 bits per heavy atom. The highest BCUT2D eigenvalue weighted by atomic mass is 35.5. The Kier molecular flexibility index (Phi) is 5.97. The summed E-state index contributed by atoms with van der Waals surface area (Å²) in [6.07, 6.45) is 0. The Balaban J connectivity index is 1.94. The lowest BCUT2D eigenvalue weighted by Crippen LogP contribution is -2.28. The molecule has 2 N–H and O–H groups in total. The maximum absolute atomic E-state index is 6.06. The van der Waals surface area contributed by atoms with E-state index in [2.05, 4.69) is 10.6 Å². The van der Waals surface area contributed by atoms with Crippen molar-refractivity contribution in [2.45, 2.75) is 6.54 Å². The molecule has 0 unspecified atom stereocenters. The van der Waals surface area contributed by atoms with Crippen molar-refractivity contribution in [3.63, 3.8) is 0 Å². The molecule has 2 aromatic carbocycles. The smallest absolute Gasteiger partial charge is 0.171 e. The molecule has 110 valence electrons. The van der Waals surface area contributed by atoms with Crippen molar-refractivity contribution in [1.29, 1.82) is 0 Å². The van der Waals surface area contributed by atoms with Crippen molar-refractivity contribution < 1.29 is 0 Å². The summed E-state index contributed by atoms with van der Waals surface area (Å²) >= 11 is 28.9. The average molecular weight is 380 g/mol. The van der Waals surface area contributed by atoms with Gasteiger partial charge in [0.1, 0.15) is 0 Å². The maximum atomic E-state index is 6.06. The van der Waals surface area contributed by atoms with Crippen molar-refractivity contribution in [2.75, 3.05) is 5.32 Å². The van der Waals surface area contributed by atoms with Gasteiger partial charge >= 0.3 is 0 Å². The lowest BCUT2D eigenvalue weighted by atomic mass is 10.2. The van der Waals surface area contributed by atoms with Gasteiger partial charge in [0.25, 0.3) is 0 Å². The van der Waals surface area contributed by atoms with Crippen molar-refractivity contribution in [1.82, 2.24) is 5.32 Å². The Labute approximate surface area is 148 Å². The third-order valence-electron chi connectivity index (χ3n) is 2.62. The molecule has 0 saturated heterocycles. The molecule has 0 saturated carbocycles. The van der Waals surface area contributed by atoms with Crippen LogP contribution in [0.2, 0.25) is 20.1 Å². The summed E-state index contributed by atoms with van der Waals surface area (Å²) in [6.45, 7) is 0.522. The molecule has 2 rings (SSSR count). The van der Waals surface area contributed by atoms with E-state index in [1.54, 1.807) is 30.3 Å². The van der Waals surface area contributed by atoms with Crippen LogP contribution in [0.4, 0.5) is 5.69 Å². The van der Waals surface area contributed by atoms with Crippen molar-refractivity contribution in [2.24, 2.45) is 0 Å². The number of benzene rings is 2. The van der Waals surface area contributed by atoms with Crippen LogP contribution in [0.3, 0.4) is 0 Å². The largest absolute Gasteiger partial charge is 0.358 e. The van der Waals surface area contributed by atoms with Crippen LogP contribution in [0.5, 0.6) is 0 Å². The van der Waals surface area contributed by atoms with E-state index in [0.717, 1.165) is 5.56 Å². The number of thiocarbonyl (C=S) groups is 1. The number of rotatable bonds is 3. The fraction of sp³-hybridized carbons (Fsp3) is 0.0714. The number of anilines is 1. The normalized spacial score (nSPS) is 10.3. The van der Waals surface area contributed by atoms with Crippen LogP contribution >= 0.6 is 58.6 Å². The summed E-state index contributed by atoms with van der Waals surface area (Å²) in [5.41, 5.74) is 1.66. The first-order valence-electron chi connectivity index (χ1n) is 5.89. The molecule has 0 aromatic heterocycles. The van der Waals surface area contributed by atoms with E-state index >= 15 is 0 Å². The second kappa shape index (κ2) is 7.52. The summed E-state index contributed by atoms with van der Waals surface area (Å²) in [6, 6.07) is 10.5. The molecule has 0 atom stereocenters. The first-order chi connectivity index (χ1) is 9.95. The monoisotopic (exact) mass is 378 g/mol. The van der Waals surface area contributed by atoms with Crippen LogP contribution in [0.15, 0.2) is 36.4 Å². The highest BCUT2D eigenvalue weighted by Gasteiger charge is 2.04. The highest BCUT2D eigenvalue weighted by molar-refractivity contribution is 7.80. The number of hydrogen-bond donors (Lipinski definition) is 2. The van der Waals surface area contributed by atoms with Gasteiger partial charge in [-0.3, -0.25) is 0 Å². The molecule has 0 fully saturated rings. The molecule has 0 amide bonds. The fourth-order valence-electron chi connectivity index (χ4n) is 1.59. The zero-order valence-electron chi connectivity index (χ0n) is 10.6. The van der Waals surface area contributed by atoms with E-state index in [-0.39, 0.29) is 0 Å². The summed E-state index contributed by atoms with van der Waals surface area (Å²) in [5.74, 6) is 0. The second-order valence-corrected chi connectivity index (χ2v) is 6.25. The fourth-order valence-corrected chi connectivity index (χ4v) is 2.55. The quantitative estimate of drug-likeness (QED) is 0.660. The van der Waals surface area contributed by atoms with Gasteiger partial charge in [-0.05, 0) is 48.1 Å². The van der Waals surface area contributed by atoms with Gasteiger partial charge in [-0.25, -0.2) is 0 Å². The zero-order chi connectivity index (χ0) is 15.4. The van der Waals surface area contributed by atoms with Gasteiger partial charge in [-0.1, -0.05) is 52.5 Å². The SMILES string of the molecule is S=C(NCc1ccc(Cl)c(Cl)c1)Nc1ccc(Cl)cc1Cl. The molecule has 0 aliphatic carbocycles. The topological polar surface area (TPSA) is 24.1 Å². The Hall–Kier alpha value is -0.710. The van der Waals surface area contributed by atoms with E-state index < -0.39 is 0 Å². The van der Waals surface area contributed by atoms with E-state index in [9.17, 15) is 0 Å². The zero-order valence-corrected chi connectivity index (χ0v) is 14.4. The lowest BCUT2D eigenvalue weighted by Gasteiger charge is -2.12. The minimum atomic E-state index is 0.449. The molecule has 7 heteroatoms. The number of nitrogens with one attached hydrogen (secondary N) is 2. The summed E-state index contributed by atoms with van der Waals surface area (Å²) in [5, 5.41) is 8.62. The molecule has 21 heavy (non-hydrogen) atoms. The third kappa shape index (κ3) is 4.90. The van der Waals surface area contributed by atoms with Crippen LogP contribution in [0.25, 0.3) is 0 Å². The average Bonchev–Trinajstić information content (AvgIpc) is 2.43. The van der Waals surface area contributed by atoms with Gasteiger partial charge in [0, 0.05) is 11.6 Å². The van der Waals surface area contributed by atoms with E-state index in [1.165, 1.54) is 0 Å². The first kappa shape index (κ1) is 16.7. The van der Waals surface area contributed by atoms with Gasteiger partial charge in [0.15, 0.2) is 5.11 Å². The van der Waals surface area contributed by atoms with Crippen molar-refractivity contribution in [3.8, 4) is 0 Å². The summed E-state index contributed by atoms with van der Waals surface area (Å²) in [4.78, 5) is 0. The minimum absolute atomic E-state index is 0.449. The molecule has 0 heterocycles.